The second kappa shape index (κ2) is 12.9. The van der Waals surface area contributed by atoms with Crippen LogP contribution >= 0.6 is 11.3 Å². The Morgan fingerprint density at radius 1 is 0.441 bits per heavy atom. The molecule has 12 rings (SSSR count). The average Bonchev–Trinajstić information content (AvgIpc) is 3.92. The third kappa shape index (κ3) is 5.18. The van der Waals surface area contributed by atoms with Gasteiger partial charge in [-0.1, -0.05) is 153 Å². The Morgan fingerprint density at radius 2 is 1.05 bits per heavy atom. The molecule has 4 nitrogen and oxygen atoms in total. The molecule has 5 heteroatoms. The largest absolute Gasteiger partial charge is 0.309 e. The lowest BCUT2D eigenvalue weighted by Crippen LogP contribution is -2.14. The van der Waals surface area contributed by atoms with Crippen molar-refractivity contribution in [2.75, 3.05) is 0 Å². The summed E-state index contributed by atoms with van der Waals surface area (Å²) in [6, 6.07) is 65.3. The monoisotopic (exact) mass is 772 g/mol. The predicted octanol–water partition coefficient (Wildman–Crippen LogP) is 14.3. The van der Waals surface area contributed by atoms with Crippen molar-refractivity contribution < 1.29 is 0 Å². The number of hydrogen-bond acceptors (Lipinski definition) is 4. The third-order valence-electron chi connectivity index (χ3n) is 12.3. The zero-order valence-corrected chi connectivity index (χ0v) is 33.3. The van der Waals surface area contributed by atoms with Crippen LogP contribution in [0.5, 0.6) is 0 Å². The van der Waals surface area contributed by atoms with Crippen molar-refractivity contribution in [2.45, 2.75) is 19.3 Å². The van der Waals surface area contributed by atoms with Gasteiger partial charge >= 0.3 is 0 Å². The lowest BCUT2D eigenvalue weighted by molar-refractivity contribution is 0.661. The number of nitrogens with zero attached hydrogens (tertiary/aromatic N) is 4. The summed E-state index contributed by atoms with van der Waals surface area (Å²) in [6.07, 6.45) is 0. The number of hydrogen-bond donors (Lipinski definition) is 0. The summed E-state index contributed by atoms with van der Waals surface area (Å²) in [5.74, 6) is 1.99. The molecule has 0 atom stereocenters. The van der Waals surface area contributed by atoms with Crippen molar-refractivity contribution in [1.82, 2.24) is 19.5 Å². The van der Waals surface area contributed by atoms with E-state index in [0.717, 1.165) is 22.1 Å². The molecule has 0 saturated heterocycles. The van der Waals surface area contributed by atoms with Crippen molar-refractivity contribution in [2.24, 2.45) is 0 Å². The summed E-state index contributed by atoms with van der Waals surface area (Å²) in [4.78, 5) is 15.2. The molecule has 0 saturated carbocycles. The second-order valence-corrected chi connectivity index (χ2v) is 17.1. The second-order valence-electron chi connectivity index (χ2n) is 16.0. The Kier molecular flexibility index (Phi) is 7.41. The van der Waals surface area contributed by atoms with Gasteiger partial charge in [0, 0.05) is 64.3 Å². The standard InChI is InChI=1S/C54H36N4S/c1-54(2)43-23-13-12-21-39(43)49-44(54)28-27-38-41-31-35(25-29-45(41)58(50(38)49)37-19-10-5-11-20-37)36-26-30-46-42(32-36)48-40(22-14-24-47(48)59-46)53-56-51(33-15-6-3-7-16-33)55-52(57-53)34-17-8-4-9-18-34/h3-32H,1-2H3. The molecule has 0 N–H and O–H groups in total. The lowest BCUT2D eigenvalue weighted by Gasteiger charge is -2.21. The molecule has 0 radical (unpaired) electrons. The summed E-state index contributed by atoms with van der Waals surface area (Å²) in [5, 5.41) is 4.87. The third-order valence-corrected chi connectivity index (χ3v) is 13.4. The first-order chi connectivity index (χ1) is 29.0. The molecule has 59 heavy (non-hydrogen) atoms. The van der Waals surface area contributed by atoms with E-state index in [9.17, 15) is 0 Å². The summed E-state index contributed by atoms with van der Waals surface area (Å²) < 4.78 is 4.92. The van der Waals surface area contributed by atoms with E-state index < -0.39 is 0 Å². The van der Waals surface area contributed by atoms with Crippen LogP contribution in [0.1, 0.15) is 25.0 Å². The molecule has 1 aliphatic rings. The molecule has 0 aliphatic heterocycles. The van der Waals surface area contributed by atoms with E-state index >= 15 is 0 Å². The normalized spacial score (nSPS) is 13.1. The zero-order chi connectivity index (χ0) is 39.2. The summed E-state index contributed by atoms with van der Waals surface area (Å²) >= 11 is 1.81. The smallest absolute Gasteiger partial charge is 0.164 e. The van der Waals surface area contributed by atoms with Crippen LogP contribution in [0.15, 0.2) is 182 Å². The topological polar surface area (TPSA) is 43.6 Å². The van der Waals surface area contributed by atoms with Crippen molar-refractivity contribution in [1.29, 1.82) is 0 Å². The van der Waals surface area contributed by atoms with Crippen molar-refractivity contribution >= 4 is 53.3 Å². The maximum absolute atomic E-state index is 5.13. The van der Waals surface area contributed by atoms with Crippen LogP contribution in [0.4, 0.5) is 0 Å². The van der Waals surface area contributed by atoms with Crippen LogP contribution in [0.25, 0.3) is 104 Å². The molecule has 278 valence electrons. The van der Waals surface area contributed by atoms with Crippen molar-refractivity contribution in [3.05, 3.63) is 193 Å². The van der Waals surface area contributed by atoms with Gasteiger partial charge in [-0.3, -0.25) is 0 Å². The molecular formula is C54H36N4S. The Morgan fingerprint density at radius 3 is 1.78 bits per heavy atom. The minimum absolute atomic E-state index is 0.0889. The molecule has 8 aromatic carbocycles. The molecule has 0 bridgehead atoms. The summed E-state index contributed by atoms with van der Waals surface area (Å²) in [6.45, 7) is 4.72. The van der Waals surface area contributed by atoms with Gasteiger partial charge in [-0.05, 0) is 70.3 Å². The van der Waals surface area contributed by atoms with Gasteiger partial charge in [-0.15, -0.1) is 11.3 Å². The van der Waals surface area contributed by atoms with E-state index in [1.54, 1.807) is 0 Å². The van der Waals surface area contributed by atoms with E-state index in [1.807, 2.05) is 47.7 Å². The first-order valence-electron chi connectivity index (χ1n) is 20.1. The van der Waals surface area contributed by atoms with Gasteiger partial charge in [0.1, 0.15) is 0 Å². The van der Waals surface area contributed by atoms with E-state index in [1.165, 1.54) is 75.7 Å². The highest BCUT2D eigenvalue weighted by atomic mass is 32.1. The van der Waals surface area contributed by atoms with Gasteiger partial charge in [-0.2, -0.15) is 0 Å². The summed E-state index contributed by atoms with van der Waals surface area (Å²) in [7, 11) is 0. The summed E-state index contributed by atoms with van der Waals surface area (Å²) in [5.41, 5.74) is 14.2. The number of benzene rings is 8. The predicted molar refractivity (Wildman–Crippen MR) is 246 cm³/mol. The highest BCUT2D eigenvalue weighted by molar-refractivity contribution is 7.26. The maximum atomic E-state index is 5.13. The van der Waals surface area contributed by atoms with Crippen LogP contribution in [0, 0.1) is 0 Å². The van der Waals surface area contributed by atoms with Crippen LogP contribution in [-0.4, -0.2) is 19.5 Å². The first kappa shape index (κ1) is 33.9. The minimum atomic E-state index is -0.0889. The van der Waals surface area contributed by atoms with Crippen molar-refractivity contribution in [3.63, 3.8) is 0 Å². The number of fused-ring (bicyclic) bond motifs is 10. The number of aromatic nitrogens is 4. The number of para-hydroxylation sites is 1. The van der Waals surface area contributed by atoms with E-state index in [0.29, 0.717) is 17.5 Å². The van der Waals surface area contributed by atoms with E-state index in [-0.39, 0.29) is 5.41 Å². The van der Waals surface area contributed by atoms with Gasteiger partial charge < -0.3 is 4.57 Å². The quantitative estimate of drug-likeness (QED) is 0.175. The zero-order valence-electron chi connectivity index (χ0n) is 32.5. The molecule has 0 spiro atoms. The van der Waals surface area contributed by atoms with Crippen LogP contribution < -0.4 is 0 Å². The molecule has 0 fully saturated rings. The Labute approximate surface area is 345 Å². The van der Waals surface area contributed by atoms with Crippen molar-refractivity contribution in [3.8, 4) is 62.1 Å². The fraction of sp³-hybridized carbons (Fsp3) is 0.0556. The van der Waals surface area contributed by atoms with Gasteiger partial charge in [0.15, 0.2) is 17.5 Å². The Bertz CT molecular complexity index is 3400. The molecule has 0 unspecified atom stereocenters. The van der Waals surface area contributed by atoms with E-state index in [2.05, 4.69) is 164 Å². The molecule has 1 aliphatic carbocycles. The Hall–Kier alpha value is -7.21. The van der Waals surface area contributed by atoms with E-state index in [4.69, 9.17) is 15.0 Å². The fourth-order valence-corrected chi connectivity index (χ4v) is 10.6. The average molecular weight is 773 g/mol. The lowest BCUT2D eigenvalue weighted by atomic mass is 9.82. The first-order valence-corrected chi connectivity index (χ1v) is 20.9. The fourth-order valence-electron chi connectivity index (χ4n) is 9.44. The highest BCUT2D eigenvalue weighted by Gasteiger charge is 2.37. The van der Waals surface area contributed by atoms with Gasteiger partial charge in [0.2, 0.25) is 0 Å². The van der Waals surface area contributed by atoms with Gasteiger partial charge in [0.05, 0.1) is 11.0 Å². The van der Waals surface area contributed by atoms with Gasteiger partial charge in [0.25, 0.3) is 0 Å². The molecule has 3 aromatic heterocycles. The maximum Gasteiger partial charge on any atom is 0.164 e. The van der Waals surface area contributed by atoms with Crippen LogP contribution in [0.2, 0.25) is 0 Å². The van der Waals surface area contributed by atoms with Gasteiger partial charge in [-0.25, -0.2) is 15.0 Å². The molecule has 11 aromatic rings. The number of thiophene rings is 1. The minimum Gasteiger partial charge on any atom is -0.309 e. The van der Waals surface area contributed by atoms with Crippen LogP contribution in [-0.2, 0) is 5.41 Å². The Balaban J connectivity index is 1.06. The molecule has 0 amide bonds. The van der Waals surface area contributed by atoms with Crippen LogP contribution in [0.3, 0.4) is 0 Å². The highest BCUT2D eigenvalue weighted by Crippen LogP contribution is 2.53. The SMILES string of the molecule is CC1(C)c2ccccc2-c2c1ccc1c3cc(-c4ccc5sc6cccc(-c7nc(-c8ccccc8)nc(-c8ccccc8)n7)c6c5c4)ccc3n(-c3ccccc3)c21. The number of rotatable bonds is 5. The molecular weight excluding hydrogens is 737 g/mol. The molecule has 3 heterocycles.